The van der Waals surface area contributed by atoms with Crippen LogP contribution in [0.3, 0.4) is 0 Å². The van der Waals surface area contributed by atoms with Crippen LogP contribution in [-0.2, 0) is 11.2 Å². The lowest BCUT2D eigenvalue weighted by atomic mass is 10.1. The zero-order valence-electron chi connectivity index (χ0n) is 14.8. The monoisotopic (exact) mass is 401 g/mol. The Hall–Kier alpha value is -1.70. The topological polar surface area (TPSA) is 84.2 Å². The summed E-state index contributed by atoms with van der Waals surface area (Å²) in [6.07, 6.45) is 6.24. The molecule has 0 aromatic carbocycles. The van der Waals surface area contributed by atoms with E-state index in [1.54, 1.807) is 12.4 Å². The second-order valence-corrected chi connectivity index (χ2v) is 5.98. The van der Waals surface area contributed by atoms with Gasteiger partial charge in [0.25, 0.3) is 0 Å². The first-order valence-corrected chi connectivity index (χ1v) is 8.51. The highest BCUT2D eigenvalue weighted by atomic mass is 35.5. The molecule has 1 amide bonds. The van der Waals surface area contributed by atoms with Gasteiger partial charge in [-0.05, 0) is 31.5 Å². The number of carbonyl (C=O) groups excluding carboxylic acids is 1. The number of rotatable bonds is 7. The number of aryl methyl sites for hydroxylation is 1. The van der Waals surface area contributed by atoms with Crippen molar-refractivity contribution in [2.75, 3.05) is 19.6 Å². The van der Waals surface area contributed by atoms with Gasteiger partial charge < -0.3 is 14.7 Å². The highest BCUT2D eigenvalue weighted by Gasteiger charge is 2.25. The Bertz CT molecular complexity index is 662. The smallest absolute Gasteiger partial charge is 0.227 e. The van der Waals surface area contributed by atoms with Crippen molar-refractivity contribution in [3.63, 3.8) is 0 Å². The van der Waals surface area contributed by atoms with Gasteiger partial charge in [-0.25, -0.2) is 0 Å². The molecule has 144 valence electrons. The van der Waals surface area contributed by atoms with E-state index in [0.717, 1.165) is 38.0 Å². The molecule has 3 rings (SSSR count). The van der Waals surface area contributed by atoms with Crippen LogP contribution in [0, 0.1) is 0 Å². The fourth-order valence-electron chi connectivity index (χ4n) is 2.99. The van der Waals surface area contributed by atoms with Gasteiger partial charge in [0.05, 0.1) is 0 Å². The molecule has 0 aliphatic carbocycles. The maximum Gasteiger partial charge on any atom is 0.227 e. The van der Waals surface area contributed by atoms with Gasteiger partial charge in [0.1, 0.15) is 0 Å². The van der Waals surface area contributed by atoms with Crippen molar-refractivity contribution >= 4 is 30.7 Å². The second-order valence-electron chi connectivity index (χ2n) is 5.98. The Morgan fingerprint density at radius 2 is 2.12 bits per heavy atom. The minimum atomic E-state index is 0. The van der Waals surface area contributed by atoms with Crippen LogP contribution < -0.4 is 5.32 Å². The molecule has 2 aromatic heterocycles. The first-order valence-electron chi connectivity index (χ1n) is 8.51. The maximum absolute atomic E-state index is 12.6. The van der Waals surface area contributed by atoms with Crippen LogP contribution in [0.15, 0.2) is 29.0 Å². The highest BCUT2D eigenvalue weighted by molar-refractivity contribution is 5.85. The van der Waals surface area contributed by atoms with Crippen LogP contribution in [0.4, 0.5) is 0 Å². The lowest BCUT2D eigenvalue weighted by Gasteiger charge is -2.28. The van der Waals surface area contributed by atoms with Crippen molar-refractivity contribution in [1.29, 1.82) is 0 Å². The van der Waals surface area contributed by atoms with E-state index in [2.05, 4.69) is 27.4 Å². The number of aromatic nitrogens is 3. The molecule has 1 unspecified atom stereocenters. The van der Waals surface area contributed by atoms with Gasteiger partial charge in [-0.15, -0.1) is 24.8 Å². The molecular weight excluding hydrogens is 377 g/mol. The zero-order valence-corrected chi connectivity index (χ0v) is 16.4. The predicted octanol–water partition coefficient (Wildman–Crippen LogP) is 2.51. The van der Waals surface area contributed by atoms with E-state index in [0.29, 0.717) is 30.6 Å². The van der Waals surface area contributed by atoms with Gasteiger partial charge in [-0.1, -0.05) is 12.1 Å². The average molecular weight is 402 g/mol. The van der Waals surface area contributed by atoms with Crippen molar-refractivity contribution in [2.45, 2.75) is 38.6 Å². The third-order valence-corrected chi connectivity index (χ3v) is 4.22. The van der Waals surface area contributed by atoms with Crippen LogP contribution in [-0.4, -0.2) is 51.6 Å². The summed E-state index contributed by atoms with van der Waals surface area (Å²) in [7, 11) is 0. The molecule has 2 aromatic rings. The molecule has 0 spiro atoms. The molecule has 1 fully saturated rings. The first-order chi connectivity index (χ1) is 11.8. The summed E-state index contributed by atoms with van der Waals surface area (Å²) in [5.74, 6) is 1.19. The molecule has 1 aliphatic rings. The average Bonchev–Trinajstić information content (AvgIpc) is 3.30. The Morgan fingerprint density at radius 1 is 1.35 bits per heavy atom. The quantitative estimate of drug-likeness (QED) is 0.766. The molecule has 0 radical (unpaired) electrons. The normalized spacial score (nSPS) is 15.8. The fourth-order valence-corrected chi connectivity index (χ4v) is 2.99. The van der Waals surface area contributed by atoms with E-state index in [4.69, 9.17) is 4.52 Å². The van der Waals surface area contributed by atoms with Crippen molar-refractivity contribution in [3.8, 4) is 11.4 Å². The largest absolute Gasteiger partial charge is 0.339 e. The summed E-state index contributed by atoms with van der Waals surface area (Å²) in [5.41, 5.74) is 0.857. The molecule has 1 aliphatic heterocycles. The minimum Gasteiger partial charge on any atom is -0.339 e. The molecule has 3 heterocycles. The van der Waals surface area contributed by atoms with Gasteiger partial charge in [-0.3, -0.25) is 9.78 Å². The Morgan fingerprint density at radius 3 is 2.77 bits per heavy atom. The number of amides is 1. The number of carbonyl (C=O) groups is 1. The van der Waals surface area contributed by atoms with Crippen LogP contribution in [0.5, 0.6) is 0 Å². The van der Waals surface area contributed by atoms with E-state index < -0.39 is 0 Å². The summed E-state index contributed by atoms with van der Waals surface area (Å²) in [6.45, 7) is 4.77. The number of nitrogens with one attached hydrogen (secondary N) is 1. The number of hydrogen-bond acceptors (Lipinski definition) is 6. The van der Waals surface area contributed by atoms with E-state index in [-0.39, 0.29) is 30.7 Å². The molecule has 9 heteroatoms. The lowest BCUT2D eigenvalue weighted by molar-refractivity contribution is -0.133. The maximum atomic E-state index is 12.6. The highest BCUT2D eigenvalue weighted by Crippen LogP contribution is 2.16. The number of nitrogens with zero attached hydrogens (tertiary/aromatic N) is 4. The minimum absolute atomic E-state index is 0. The van der Waals surface area contributed by atoms with Crippen LogP contribution >= 0.6 is 24.8 Å². The molecule has 1 saturated heterocycles. The Kier molecular flexibility index (Phi) is 9.54. The molecule has 1 N–H and O–H groups in total. The Labute approximate surface area is 165 Å². The number of halogens is 2. The third kappa shape index (κ3) is 5.65. The van der Waals surface area contributed by atoms with E-state index >= 15 is 0 Å². The molecule has 0 saturated carbocycles. The van der Waals surface area contributed by atoms with Gasteiger partial charge in [-0.2, -0.15) is 4.98 Å². The van der Waals surface area contributed by atoms with E-state index in [9.17, 15) is 4.79 Å². The van der Waals surface area contributed by atoms with Gasteiger partial charge >= 0.3 is 0 Å². The molecule has 7 nitrogen and oxygen atoms in total. The zero-order chi connectivity index (χ0) is 16.8. The van der Waals surface area contributed by atoms with Crippen LogP contribution in [0.1, 0.15) is 32.1 Å². The SMILES string of the molecule is CCCN(C(=O)CCc1nc(-c2ccncc2)no1)C1CCNC1.Cl.Cl. The van der Waals surface area contributed by atoms with Gasteiger partial charge in [0.2, 0.25) is 17.6 Å². The number of hydrogen-bond donors (Lipinski definition) is 1. The lowest BCUT2D eigenvalue weighted by Crippen LogP contribution is -2.42. The fraction of sp³-hybridized carbons (Fsp3) is 0.529. The van der Waals surface area contributed by atoms with Crippen molar-refractivity contribution < 1.29 is 9.32 Å². The van der Waals surface area contributed by atoms with Gasteiger partial charge in [0.15, 0.2) is 0 Å². The molecule has 1 atom stereocenters. The molecular formula is C17H25Cl2N5O2. The van der Waals surface area contributed by atoms with Crippen molar-refractivity contribution in [2.24, 2.45) is 0 Å². The summed E-state index contributed by atoms with van der Waals surface area (Å²) in [5, 5.41) is 7.30. The standard InChI is InChI=1S/C17H23N5O2.2ClH/c1-2-11-22(14-7-10-19-12-14)16(23)4-3-15-20-17(21-24-15)13-5-8-18-9-6-13;;/h5-6,8-9,14,19H,2-4,7,10-12H2,1H3;2*1H. The van der Waals surface area contributed by atoms with Gasteiger partial charge in [0, 0.05) is 49.9 Å². The number of pyridine rings is 1. The molecule has 26 heavy (non-hydrogen) atoms. The van der Waals surface area contributed by atoms with Crippen LogP contribution in [0.25, 0.3) is 11.4 Å². The van der Waals surface area contributed by atoms with E-state index in [1.807, 2.05) is 17.0 Å². The summed E-state index contributed by atoms with van der Waals surface area (Å²) >= 11 is 0. The Balaban J connectivity index is 0.00000169. The molecule has 0 bridgehead atoms. The first kappa shape index (κ1) is 22.3. The second kappa shape index (κ2) is 11.1. The predicted molar refractivity (Wildman–Crippen MR) is 104 cm³/mol. The van der Waals surface area contributed by atoms with E-state index in [1.165, 1.54) is 0 Å². The van der Waals surface area contributed by atoms with Crippen molar-refractivity contribution in [3.05, 3.63) is 30.4 Å². The third-order valence-electron chi connectivity index (χ3n) is 4.22. The summed E-state index contributed by atoms with van der Waals surface area (Å²) in [4.78, 5) is 22.9. The summed E-state index contributed by atoms with van der Waals surface area (Å²) < 4.78 is 5.27. The van der Waals surface area contributed by atoms with Crippen molar-refractivity contribution in [1.82, 2.24) is 25.3 Å². The summed E-state index contributed by atoms with van der Waals surface area (Å²) in [6, 6.07) is 3.97. The van der Waals surface area contributed by atoms with Crippen LogP contribution in [0.2, 0.25) is 0 Å².